The van der Waals surface area contributed by atoms with Crippen LogP contribution in [0.1, 0.15) is 25.0 Å². The van der Waals surface area contributed by atoms with Gasteiger partial charge in [-0.25, -0.2) is 0 Å². The van der Waals surface area contributed by atoms with Gasteiger partial charge in [-0.3, -0.25) is 0 Å². The molecule has 1 aliphatic rings. The van der Waals surface area contributed by atoms with Crippen LogP contribution in [0.4, 0.5) is 5.69 Å². The van der Waals surface area contributed by atoms with Crippen LogP contribution in [0.2, 0.25) is 0 Å². The molecule has 3 nitrogen and oxygen atoms in total. The van der Waals surface area contributed by atoms with Gasteiger partial charge in [0.15, 0.2) is 0 Å². The minimum Gasteiger partial charge on any atom is -0.372 e. The Bertz CT molecular complexity index is 395. The number of morpholine rings is 1. The number of benzene rings is 1. The van der Waals surface area contributed by atoms with E-state index in [4.69, 9.17) is 4.74 Å². The van der Waals surface area contributed by atoms with Crippen LogP contribution in [0.5, 0.6) is 0 Å². The van der Waals surface area contributed by atoms with Gasteiger partial charge < -0.3 is 15.0 Å². The highest BCUT2D eigenvalue weighted by atomic mass is 16.5. The van der Waals surface area contributed by atoms with E-state index < -0.39 is 0 Å². The monoisotopic (exact) mass is 248 g/mol. The van der Waals surface area contributed by atoms with E-state index in [1.165, 1.54) is 16.8 Å². The Hall–Kier alpha value is -1.06. The first-order valence-electron chi connectivity index (χ1n) is 6.74. The minimum atomic E-state index is 0.311. The van der Waals surface area contributed by atoms with Gasteiger partial charge in [-0.1, -0.05) is 6.07 Å². The van der Waals surface area contributed by atoms with E-state index in [2.05, 4.69) is 49.2 Å². The highest BCUT2D eigenvalue weighted by Crippen LogP contribution is 2.23. The quantitative estimate of drug-likeness (QED) is 0.888. The topological polar surface area (TPSA) is 24.5 Å². The number of nitrogens with one attached hydrogen (secondary N) is 1. The number of nitrogens with zero attached hydrogens (tertiary/aromatic N) is 1. The van der Waals surface area contributed by atoms with E-state index in [1.54, 1.807) is 0 Å². The summed E-state index contributed by atoms with van der Waals surface area (Å²) in [5, 5.41) is 3.20. The zero-order valence-corrected chi connectivity index (χ0v) is 11.9. The van der Waals surface area contributed by atoms with Crippen molar-refractivity contribution in [1.82, 2.24) is 5.32 Å². The van der Waals surface area contributed by atoms with Crippen LogP contribution in [0, 0.1) is 6.92 Å². The molecule has 1 saturated heterocycles. The maximum absolute atomic E-state index is 5.78. The normalized spacial score (nSPS) is 24.3. The Morgan fingerprint density at radius 2 is 1.94 bits per heavy atom. The molecule has 0 amide bonds. The fraction of sp³-hybridized carbons (Fsp3) is 0.600. The number of rotatable bonds is 3. The third kappa shape index (κ3) is 3.03. The number of anilines is 1. The molecule has 1 fully saturated rings. The maximum atomic E-state index is 5.78. The van der Waals surface area contributed by atoms with Crippen LogP contribution in [0.15, 0.2) is 18.2 Å². The molecule has 2 rings (SSSR count). The molecular formula is C15H24N2O. The first-order chi connectivity index (χ1) is 8.60. The second-order valence-corrected chi connectivity index (χ2v) is 5.30. The van der Waals surface area contributed by atoms with E-state index >= 15 is 0 Å². The molecule has 1 N–H and O–H groups in total. The summed E-state index contributed by atoms with van der Waals surface area (Å²) >= 11 is 0. The molecule has 0 spiro atoms. The Balaban J connectivity index is 2.15. The Morgan fingerprint density at radius 3 is 2.50 bits per heavy atom. The SMILES string of the molecule is CNCc1ccc(N2CC(C)OC(C)C2)cc1C. The van der Waals surface area contributed by atoms with E-state index in [1.807, 2.05) is 7.05 Å². The predicted molar refractivity (Wildman–Crippen MR) is 76.2 cm³/mol. The lowest BCUT2D eigenvalue weighted by Crippen LogP contribution is -2.45. The van der Waals surface area contributed by atoms with E-state index in [0.29, 0.717) is 12.2 Å². The van der Waals surface area contributed by atoms with Crippen molar-refractivity contribution in [3.63, 3.8) is 0 Å². The van der Waals surface area contributed by atoms with Crippen LogP contribution in [0.3, 0.4) is 0 Å². The largest absolute Gasteiger partial charge is 0.372 e. The molecule has 1 aromatic rings. The molecular weight excluding hydrogens is 224 g/mol. The lowest BCUT2D eigenvalue weighted by atomic mass is 10.1. The zero-order valence-electron chi connectivity index (χ0n) is 11.9. The van der Waals surface area contributed by atoms with Crippen molar-refractivity contribution in [2.75, 3.05) is 25.0 Å². The second kappa shape index (κ2) is 5.72. The molecule has 1 aromatic carbocycles. The molecule has 0 bridgehead atoms. The average Bonchev–Trinajstić information content (AvgIpc) is 2.30. The molecule has 2 unspecified atom stereocenters. The van der Waals surface area contributed by atoms with E-state index in [0.717, 1.165) is 19.6 Å². The zero-order chi connectivity index (χ0) is 13.1. The molecule has 1 heterocycles. The van der Waals surface area contributed by atoms with Gasteiger partial charge in [-0.15, -0.1) is 0 Å². The van der Waals surface area contributed by atoms with Crippen molar-refractivity contribution in [3.05, 3.63) is 29.3 Å². The highest BCUT2D eigenvalue weighted by Gasteiger charge is 2.22. The molecule has 0 aliphatic carbocycles. The number of hydrogen-bond donors (Lipinski definition) is 1. The van der Waals surface area contributed by atoms with Gasteiger partial charge in [0.1, 0.15) is 0 Å². The Morgan fingerprint density at radius 1 is 1.28 bits per heavy atom. The lowest BCUT2D eigenvalue weighted by molar-refractivity contribution is -0.00522. The standard InChI is InChI=1S/C15H24N2O/c1-11-7-15(6-5-14(11)8-16-4)17-9-12(2)18-13(3)10-17/h5-7,12-13,16H,8-10H2,1-4H3. The van der Waals surface area contributed by atoms with Gasteiger partial charge in [-0.2, -0.15) is 0 Å². The number of hydrogen-bond acceptors (Lipinski definition) is 3. The van der Waals surface area contributed by atoms with Crippen LogP contribution in [-0.2, 0) is 11.3 Å². The van der Waals surface area contributed by atoms with E-state index in [9.17, 15) is 0 Å². The molecule has 0 aromatic heterocycles. The summed E-state index contributed by atoms with van der Waals surface area (Å²) in [6, 6.07) is 6.74. The third-order valence-corrected chi connectivity index (χ3v) is 3.48. The molecule has 2 atom stereocenters. The molecule has 3 heteroatoms. The summed E-state index contributed by atoms with van der Waals surface area (Å²) in [6.07, 6.45) is 0.622. The van der Waals surface area contributed by atoms with Crippen molar-refractivity contribution < 1.29 is 4.74 Å². The summed E-state index contributed by atoms with van der Waals surface area (Å²) in [6.45, 7) is 9.37. The first kappa shape index (κ1) is 13.4. The number of aryl methyl sites for hydroxylation is 1. The van der Waals surface area contributed by atoms with Crippen LogP contribution < -0.4 is 10.2 Å². The fourth-order valence-electron chi connectivity index (χ4n) is 2.65. The van der Waals surface area contributed by atoms with Crippen LogP contribution in [0.25, 0.3) is 0 Å². The molecule has 0 saturated carbocycles. The van der Waals surface area contributed by atoms with Gasteiger partial charge in [-0.05, 0) is 51.1 Å². The smallest absolute Gasteiger partial charge is 0.0726 e. The molecule has 0 radical (unpaired) electrons. The summed E-state index contributed by atoms with van der Waals surface area (Å²) in [7, 11) is 1.98. The van der Waals surface area contributed by atoms with Gasteiger partial charge >= 0.3 is 0 Å². The van der Waals surface area contributed by atoms with Gasteiger partial charge in [0.25, 0.3) is 0 Å². The van der Waals surface area contributed by atoms with Crippen LogP contribution in [-0.4, -0.2) is 32.3 Å². The Kier molecular flexibility index (Phi) is 4.25. The van der Waals surface area contributed by atoms with Crippen molar-refractivity contribution >= 4 is 5.69 Å². The number of ether oxygens (including phenoxy) is 1. The minimum absolute atomic E-state index is 0.311. The summed E-state index contributed by atoms with van der Waals surface area (Å²) in [4.78, 5) is 2.43. The van der Waals surface area contributed by atoms with Gasteiger partial charge in [0.2, 0.25) is 0 Å². The van der Waals surface area contributed by atoms with Crippen molar-refractivity contribution in [1.29, 1.82) is 0 Å². The summed E-state index contributed by atoms with van der Waals surface area (Å²) < 4.78 is 5.78. The first-order valence-corrected chi connectivity index (χ1v) is 6.74. The van der Waals surface area contributed by atoms with Crippen molar-refractivity contribution in [3.8, 4) is 0 Å². The second-order valence-electron chi connectivity index (χ2n) is 5.30. The van der Waals surface area contributed by atoms with Crippen molar-refractivity contribution in [2.45, 2.75) is 39.5 Å². The predicted octanol–water partition coefficient (Wildman–Crippen LogP) is 2.33. The fourth-order valence-corrected chi connectivity index (χ4v) is 2.65. The van der Waals surface area contributed by atoms with E-state index in [-0.39, 0.29) is 0 Å². The average molecular weight is 248 g/mol. The maximum Gasteiger partial charge on any atom is 0.0726 e. The lowest BCUT2D eigenvalue weighted by Gasteiger charge is -2.37. The molecule has 1 aliphatic heterocycles. The van der Waals surface area contributed by atoms with Crippen LogP contribution >= 0.6 is 0 Å². The summed E-state index contributed by atoms with van der Waals surface area (Å²) in [5.74, 6) is 0. The van der Waals surface area contributed by atoms with Gasteiger partial charge in [0, 0.05) is 25.3 Å². The summed E-state index contributed by atoms with van der Waals surface area (Å²) in [5.41, 5.74) is 4.04. The van der Waals surface area contributed by atoms with Gasteiger partial charge in [0.05, 0.1) is 12.2 Å². The Labute approximate surface area is 110 Å². The third-order valence-electron chi connectivity index (χ3n) is 3.48. The molecule has 100 valence electrons. The highest BCUT2D eigenvalue weighted by molar-refractivity contribution is 5.51. The van der Waals surface area contributed by atoms with Crippen molar-refractivity contribution in [2.24, 2.45) is 0 Å². The molecule has 18 heavy (non-hydrogen) atoms.